The molecule has 1 aliphatic heterocycles. The SMILES string of the molecule is COc1cccc(OC)c1-n1c(NS(=O)(=O)[C@@H](C)[C@H](C)c2ncc(C)cn2)nnc1[C@H]1CCCNC1. The zero-order chi connectivity index (χ0) is 25.9. The molecular weight excluding hydrogens is 482 g/mol. The fourth-order valence-corrected chi connectivity index (χ4v) is 5.54. The molecule has 1 aliphatic rings. The zero-order valence-electron chi connectivity index (χ0n) is 21.2. The number of rotatable bonds is 9. The molecule has 3 heterocycles. The Labute approximate surface area is 211 Å². The summed E-state index contributed by atoms with van der Waals surface area (Å²) in [5, 5.41) is 11.3. The van der Waals surface area contributed by atoms with Crippen LogP contribution in [0.1, 0.15) is 55.7 Å². The molecule has 1 aromatic carbocycles. The van der Waals surface area contributed by atoms with Gasteiger partial charge >= 0.3 is 0 Å². The molecule has 194 valence electrons. The van der Waals surface area contributed by atoms with Crippen LogP contribution >= 0.6 is 0 Å². The number of aryl methyl sites for hydroxylation is 1. The molecule has 11 nitrogen and oxygen atoms in total. The van der Waals surface area contributed by atoms with Crippen LogP contribution in [-0.2, 0) is 10.0 Å². The largest absolute Gasteiger partial charge is 0.494 e. The zero-order valence-corrected chi connectivity index (χ0v) is 22.0. The topological polar surface area (TPSA) is 133 Å². The summed E-state index contributed by atoms with van der Waals surface area (Å²) in [6, 6.07) is 5.39. The fourth-order valence-electron chi connectivity index (χ4n) is 4.31. The van der Waals surface area contributed by atoms with Gasteiger partial charge in [0.15, 0.2) is 0 Å². The predicted molar refractivity (Wildman–Crippen MR) is 136 cm³/mol. The van der Waals surface area contributed by atoms with E-state index in [4.69, 9.17) is 9.47 Å². The van der Waals surface area contributed by atoms with Crippen molar-refractivity contribution in [2.45, 2.75) is 50.7 Å². The Bertz CT molecular complexity index is 1270. The average Bonchev–Trinajstić information content (AvgIpc) is 3.30. The molecule has 2 N–H and O–H groups in total. The Kier molecular flexibility index (Phi) is 7.74. The highest BCUT2D eigenvalue weighted by Crippen LogP contribution is 2.38. The molecule has 1 saturated heterocycles. The van der Waals surface area contributed by atoms with Gasteiger partial charge in [0, 0.05) is 30.8 Å². The van der Waals surface area contributed by atoms with Crippen LogP contribution in [0.4, 0.5) is 5.95 Å². The lowest BCUT2D eigenvalue weighted by molar-refractivity contribution is 0.388. The number of aromatic nitrogens is 5. The van der Waals surface area contributed by atoms with Crippen LogP contribution in [0.5, 0.6) is 11.5 Å². The highest BCUT2D eigenvalue weighted by Gasteiger charge is 2.33. The van der Waals surface area contributed by atoms with Gasteiger partial charge in [-0.05, 0) is 50.9 Å². The van der Waals surface area contributed by atoms with Crippen molar-refractivity contribution in [2.24, 2.45) is 0 Å². The number of sulfonamides is 1. The van der Waals surface area contributed by atoms with Crippen LogP contribution in [0.3, 0.4) is 0 Å². The molecule has 0 aliphatic carbocycles. The predicted octanol–water partition coefficient (Wildman–Crippen LogP) is 2.78. The molecule has 0 unspecified atom stereocenters. The Hall–Kier alpha value is -3.25. The third-order valence-electron chi connectivity index (χ3n) is 6.61. The Morgan fingerprint density at radius 1 is 1.11 bits per heavy atom. The normalized spacial score (nSPS) is 17.9. The summed E-state index contributed by atoms with van der Waals surface area (Å²) in [5.74, 6) is 1.76. The van der Waals surface area contributed by atoms with Crippen LogP contribution in [-0.4, -0.2) is 65.7 Å². The average molecular weight is 516 g/mol. The van der Waals surface area contributed by atoms with Gasteiger partial charge in [-0.1, -0.05) is 13.0 Å². The van der Waals surface area contributed by atoms with E-state index < -0.39 is 21.2 Å². The lowest BCUT2D eigenvalue weighted by Crippen LogP contribution is -2.32. The molecule has 12 heteroatoms. The fraction of sp³-hybridized carbons (Fsp3) is 0.500. The van der Waals surface area contributed by atoms with Crippen molar-refractivity contribution in [1.82, 2.24) is 30.0 Å². The molecule has 0 saturated carbocycles. The van der Waals surface area contributed by atoms with Crippen LogP contribution in [0.15, 0.2) is 30.6 Å². The Morgan fingerprint density at radius 2 is 1.78 bits per heavy atom. The first-order valence-electron chi connectivity index (χ1n) is 11.9. The number of piperidine rings is 1. The summed E-state index contributed by atoms with van der Waals surface area (Å²) in [5.41, 5.74) is 1.44. The number of ether oxygens (including phenoxy) is 2. The van der Waals surface area contributed by atoms with Gasteiger partial charge in [0.2, 0.25) is 16.0 Å². The van der Waals surface area contributed by atoms with E-state index in [1.165, 1.54) is 0 Å². The van der Waals surface area contributed by atoms with E-state index in [9.17, 15) is 8.42 Å². The van der Waals surface area contributed by atoms with Crippen molar-refractivity contribution < 1.29 is 17.9 Å². The monoisotopic (exact) mass is 515 g/mol. The maximum atomic E-state index is 13.5. The molecule has 2 aromatic heterocycles. The van der Waals surface area contributed by atoms with E-state index in [0.717, 1.165) is 24.9 Å². The number of benzene rings is 1. The van der Waals surface area contributed by atoms with Crippen LogP contribution in [0, 0.1) is 6.92 Å². The summed E-state index contributed by atoms with van der Waals surface area (Å²) in [6.45, 7) is 6.95. The van der Waals surface area contributed by atoms with Gasteiger partial charge in [0.05, 0.1) is 19.5 Å². The van der Waals surface area contributed by atoms with E-state index in [1.54, 1.807) is 57.2 Å². The molecule has 0 spiro atoms. The maximum Gasteiger partial charge on any atom is 0.243 e. The van der Waals surface area contributed by atoms with Gasteiger partial charge in [0.1, 0.15) is 28.8 Å². The van der Waals surface area contributed by atoms with Gasteiger partial charge in [-0.2, -0.15) is 0 Å². The van der Waals surface area contributed by atoms with Gasteiger partial charge < -0.3 is 14.8 Å². The number of para-hydroxylation sites is 1. The smallest absolute Gasteiger partial charge is 0.243 e. The Balaban J connectivity index is 1.77. The van der Waals surface area contributed by atoms with Gasteiger partial charge in [0.25, 0.3) is 0 Å². The first-order valence-corrected chi connectivity index (χ1v) is 13.5. The second-order valence-corrected chi connectivity index (χ2v) is 11.1. The summed E-state index contributed by atoms with van der Waals surface area (Å²) in [7, 11) is -0.798. The minimum atomic E-state index is -3.91. The summed E-state index contributed by atoms with van der Waals surface area (Å²) in [4.78, 5) is 8.64. The van der Waals surface area contributed by atoms with E-state index >= 15 is 0 Å². The number of nitrogens with one attached hydrogen (secondary N) is 2. The van der Waals surface area contributed by atoms with Crippen molar-refractivity contribution >= 4 is 16.0 Å². The molecule has 0 bridgehead atoms. The van der Waals surface area contributed by atoms with E-state index in [2.05, 4.69) is 30.2 Å². The van der Waals surface area contributed by atoms with E-state index in [1.807, 2.05) is 13.0 Å². The number of hydrogen-bond donors (Lipinski definition) is 2. The van der Waals surface area contributed by atoms with Crippen molar-refractivity contribution in [3.05, 3.63) is 47.8 Å². The number of hydrogen-bond acceptors (Lipinski definition) is 9. The molecule has 3 aromatic rings. The highest BCUT2D eigenvalue weighted by molar-refractivity contribution is 7.93. The summed E-state index contributed by atoms with van der Waals surface area (Å²) in [6.07, 6.45) is 5.24. The molecule has 0 amide bonds. The molecule has 36 heavy (non-hydrogen) atoms. The first-order chi connectivity index (χ1) is 17.3. The van der Waals surface area contributed by atoms with Crippen LogP contribution < -0.4 is 19.5 Å². The third-order valence-corrected chi connectivity index (χ3v) is 8.47. The minimum Gasteiger partial charge on any atom is -0.494 e. The van der Waals surface area contributed by atoms with Gasteiger partial charge in [-0.15, -0.1) is 10.2 Å². The summed E-state index contributed by atoms with van der Waals surface area (Å²) < 4.78 is 42.7. The molecule has 4 rings (SSSR count). The van der Waals surface area contributed by atoms with E-state index in [0.29, 0.717) is 35.4 Å². The Morgan fingerprint density at radius 3 is 2.36 bits per heavy atom. The quantitative estimate of drug-likeness (QED) is 0.441. The second-order valence-electron chi connectivity index (χ2n) is 9.03. The van der Waals surface area contributed by atoms with Gasteiger partial charge in [-0.25, -0.2) is 18.4 Å². The highest BCUT2D eigenvalue weighted by atomic mass is 32.2. The van der Waals surface area contributed by atoms with Crippen LogP contribution in [0.25, 0.3) is 5.69 Å². The lowest BCUT2D eigenvalue weighted by Gasteiger charge is -2.25. The van der Waals surface area contributed by atoms with Crippen molar-refractivity contribution in [2.75, 3.05) is 32.0 Å². The van der Waals surface area contributed by atoms with Crippen molar-refractivity contribution in [3.63, 3.8) is 0 Å². The first kappa shape index (κ1) is 25.8. The second kappa shape index (κ2) is 10.8. The number of anilines is 1. The molecule has 1 fully saturated rings. The molecule has 0 radical (unpaired) electrons. The van der Waals surface area contributed by atoms with Gasteiger partial charge in [-0.3, -0.25) is 9.29 Å². The van der Waals surface area contributed by atoms with Crippen molar-refractivity contribution in [1.29, 1.82) is 0 Å². The maximum absolute atomic E-state index is 13.5. The molecular formula is C24H33N7O4S. The number of methoxy groups -OCH3 is 2. The van der Waals surface area contributed by atoms with Crippen molar-refractivity contribution in [3.8, 4) is 17.2 Å². The lowest BCUT2D eigenvalue weighted by atomic mass is 9.98. The van der Waals surface area contributed by atoms with Crippen LogP contribution in [0.2, 0.25) is 0 Å². The number of nitrogens with zero attached hydrogens (tertiary/aromatic N) is 5. The third kappa shape index (κ3) is 5.14. The molecule has 3 atom stereocenters. The van der Waals surface area contributed by atoms with E-state index in [-0.39, 0.29) is 11.9 Å². The minimum absolute atomic E-state index is 0.0384. The summed E-state index contributed by atoms with van der Waals surface area (Å²) >= 11 is 0. The standard InChI is InChI=1S/C24H33N7O4S/c1-15-12-26-22(27-13-15)16(2)17(3)36(32,33)30-24-29-28-23(18-8-7-11-25-14-18)31(24)21-19(34-4)9-6-10-20(21)35-5/h6,9-10,12-13,16-18,25H,7-8,11,14H2,1-5H3,(H,29,30)/t16-,17-,18-/m0/s1.